The van der Waals surface area contributed by atoms with Crippen molar-refractivity contribution < 1.29 is 22.7 Å². The van der Waals surface area contributed by atoms with Gasteiger partial charge in [-0.25, -0.2) is 8.42 Å². The number of hydrogen-bond acceptors (Lipinski definition) is 5. The molecule has 27 heavy (non-hydrogen) atoms. The predicted octanol–water partition coefficient (Wildman–Crippen LogP) is 3.01. The molecule has 3 rings (SSSR count). The summed E-state index contributed by atoms with van der Waals surface area (Å²) in [5, 5.41) is 0. The number of nitrogens with zero attached hydrogens (tertiary/aromatic N) is 1. The lowest BCUT2D eigenvalue weighted by molar-refractivity contribution is -0.140. The van der Waals surface area contributed by atoms with Gasteiger partial charge >= 0.3 is 5.97 Å². The number of hydrogen-bond donors (Lipinski definition) is 0. The summed E-state index contributed by atoms with van der Waals surface area (Å²) >= 11 is 0. The lowest BCUT2D eigenvalue weighted by atomic mass is 9.98. The van der Waals surface area contributed by atoms with Crippen LogP contribution in [0.4, 0.5) is 0 Å². The Morgan fingerprint density at radius 1 is 1.00 bits per heavy atom. The SMILES string of the molecule is COc1ccccc1OC(=O)C1CCN(S(=O)(=O)c2ccc(C)cc2)CC1. The molecule has 0 radical (unpaired) electrons. The van der Waals surface area contributed by atoms with Crippen molar-refractivity contribution >= 4 is 16.0 Å². The van der Waals surface area contributed by atoms with E-state index in [0.29, 0.717) is 37.4 Å². The molecule has 0 amide bonds. The molecular weight excluding hydrogens is 366 g/mol. The lowest BCUT2D eigenvalue weighted by Crippen LogP contribution is -2.41. The molecule has 0 N–H and O–H groups in total. The number of carbonyl (C=O) groups excluding carboxylic acids is 1. The number of para-hydroxylation sites is 2. The fourth-order valence-electron chi connectivity index (χ4n) is 3.09. The maximum atomic E-state index is 12.7. The summed E-state index contributed by atoms with van der Waals surface area (Å²) in [6.07, 6.45) is 0.859. The second-order valence-electron chi connectivity index (χ2n) is 6.56. The van der Waals surface area contributed by atoms with Gasteiger partial charge in [-0.2, -0.15) is 4.31 Å². The van der Waals surface area contributed by atoms with Gasteiger partial charge in [0, 0.05) is 13.1 Å². The van der Waals surface area contributed by atoms with Gasteiger partial charge in [0.15, 0.2) is 11.5 Å². The fourth-order valence-corrected chi connectivity index (χ4v) is 4.56. The van der Waals surface area contributed by atoms with Crippen LogP contribution in [0.25, 0.3) is 0 Å². The summed E-state index contributed by atoms with van der Waals surface area (Å²) in [6, 6.07) is 13.8. The number of methoxy groups -OCH3 is 1. The van der Waals surface area contributed by atoms with Crippen LogP contribution < -0.4 is 9.47 Å². The van der Waals surface area contributed by atoms with Crippen molar-refractivity contribution in [2.75, 3.05) is 20.2 Å². The van der Waals surface area contributed by atoms with Crippen molar-refractivity contribution in [2.24, 2.45) is 5.92 Å². The maximum Gasteiger partial charge on any atom is 0.314 e. The molecule has 0 bridgehead atoms. The van der Waals surface area contributed by atoms with Crippen LogP contribution in [-0.4, -0.2) is 38.9 Å². The smallest absolute Gasteiger partial charge is 0.314 e. The molecule has 1 fully saturated rings. The number of ether oxygens (including phenoxy) is 2. The van der Waals surface area contributed by atoms with Crippen LogP contribution in [-0.2, 0) is 14.8 Å². The van der Waals surface area contributed by atoms with E-state index in [1.165, 1.54) is 11.4 Å². The first-order valence-electron chi connectivity index (χ1n) is 8.83. The van der Waals surface area contributed by atoms with E-state index in [0.717, 1.165) is 5.56 Å². The van der Waals surface area contributed by atoms with Gasteiger partial charge in [0.05, 0.1) is 17.9 Å². The summed E-state index contributed by atoms with van der Waals surface area (Å²) in [6.45, 7) is 2.50. The normalized spacial score (nSPS) is 16.1. The first kappa shape index (κ1) is 19.4. The van der Waals surface area contributed by atoms with Gasteiger partial charge in [-0.3, -0.25) is 4.79 Å². The molecule has 1 aliphatic heterocycles. The predicted molar refractivity (Wildman–Crippen MR) is 101 cm³/mol. The van der Waals surface area contributed by atoms with Crippen molar-refractivity contribution in [3.05, 3.63) is 54.1 Å². The van der Waals surface area contributed by atoms with Gasteiger partial charge in [0.1, 0.15) is 0 Å². The Morgan fingerprint density at radius 3 is 2.19 bits per heavy atom. The van der Waals surface area contributed by atoms with Crippen molar-refractivity contribution in [3.8, 4) is 11.5 Å². The lowest BCUT2D eigenvalue weighted by Gasteiger charge is -2.30. The number of aryl methyl sites for hydroxylation is 1. The zero-order valence-electron chi connectivity index (χ0n) is 15.4. The van der Waals surface area contributed by atoms with Crippen molar-refractivity contribution in [3.63, 3.8) is 0 Å². The minimum Gasteiger partial charge on any atom is -0.493 e. The third kappa shape index (κ3) is 4.31. The van der Waals surface area contributed by atoms with Gasteiger partial charge in [-0.05, 0) is 44.0 Å². The van der Waals surface area contributed by atoms with Gasteiger partial charge in [0.2, 0.25) is 10.0 Å². The van der Waals surface area contributed by atoms with Crippen LogP contribution in [0.1, 0.15) is 18.4 Å². The van der Waals surface area contributed by atoms with E-state index in [9.17, 15) is 13.2 Å². The first-order valence-corrected chi connectivity index (χ1v) is 10.3. The highest BCUT2D eigenvalue weighted by molar-refractivity contribution is 7.89. The largest absolute Gasteiger partial charge is 0.493 e. The zero-order chi connectivity index (χ0) is 19.4. The van der Waals surface area contributed by atoms with E-state index in [1.807, 2.05) is 6.92 Å². The van der Waals surface area contributed by atoms with Crippen LogP contribution in [0.2, 0.25) is 0 Å². The summed E-state index contributed by atoms with van der Waals surface area (Å²) < 4.78 is 37.6. The van der Waals surface area contributed by atoms with E-state index >= 15 is 0 Å². The van der Waals surface area contributed by atoms with Gasteiger partial charge in [-0.1, -0.05) is 29.8 Å². The highest BCUT2D eigenvalue weighted by Crippen LogP contribution is 2.29. The van der Waals surface area contributed by atoms with Crippen LogP contribution in [0, 0.1) is 12.8 Å². The van der Waals surface area contributed by atoms with E-state index in [1.54, 1.807) is 48.5 Å². The second-order valence-corrected chi connectivity index (χ2v) is 8.50. The van der Waals surface area contributed by atoms with Crippen LogP contribution in [0.3, 0.4) is 0 Å². The van der Waals surface area contributed by atoms with E-state index in [-0.39, 0.29) is 16.8 Å². The van der Waals surface area contributed by atoms with E-state index in [4.69, 9.17) is 9.47 Å². The Bertz CT molecular complexity index is 900. The monoisotopic (exact) mass is 389 g/mol. The standard InChI is InChI=1S/C20H23NO5S/c1-15-7-9-17(10-8-15)27(23,24)21-13-11-16(12-14-21)20(22)26-19-6-4-3-5-18(19)25-2/h3-10,16H,11-14H2,1-2H3. The molecule has 0 saturated carbocycles. The Kier molecular flexibility index (Phi) is 5.82. The summed E-state index contributed by atoms with van der Waals surface area (Å²) in [4.78, 5) is 12.7. The molecule has 0 atom stereocenters. The molecule has 6 nitrogen and oxygen atoms in total. The molecule has 0 spiro atoms. The second kappa shape index (κ2) is 8.10. The van der Waals surface area contributed by atoms with Crippen LogP contribution in [0.5, 0.6) is 11.5 Å². The molecule has 2 aromatic carbocycles. The third-order valence-corrected chi connectivity index (χ3v) is 6.64. The molecule has 0 aliphatic carbocycles. The summed E-state index contributed by atoms with van der Waals surface area (Å²) in [5.74, 6) is 0.177. The van der Waals surface area contributed by atoms with Gasteiger partial charge in [0.25, 0.3) is 0 Å². The van der Waals surface area contributed by atoms with Gasteiger partial charge < -0.3 is 9.47 Å². The Morgan fingerprint density at radius 2 is 1.59 bits per heavy atom. The number of sulfonamides is 1. The molecule has 2 aromatic rings. The number of esters is 1. The van der Waals surface area contributed by atoms with Crippen molar-refractivity contribution in [1.82, 2.24) is 4.31 Å². The van der Waals surface area contributed by atoms with Gasteiger partial charge in [-0.15, -0.1) is 0 Å². The average molecular weight is 389 g/mol. The third-order valence-electron chi connectivity index (χ3n) is 4.73. The molecule has 144 valence electrons. The Hall–Kier alpha value is -2.38. The maximum absolute atomic E-state index is 12.7. The number of benzene rings is 2. The van der Waals surface area contributed by atoms with E-state index < -0.39 is 10.0 Å². The molecule has 7 heteroatoms. The Balaban J connectivity index is 1.63. The summed E-state index contributed by atoms with van der Waals surface area (Å²) in [7, 11) is -2.02. The highest BCUT2D eigenvalue weighted by Gasteiger charge is 2.33. The minimum atomic E-state index is -3.54. The first-order chi connectivity index (χ1) is 12.9. The quantitative estimate of drug-likeness (QED) is 0.581. The molecule has 1 saturated heterocycles. The number of carbonyl (C=O) groups is 1. The molecule has 0 aromatic heterocycles. The van der Waals surface area contributed by atoms with Crippen LogP contribution in [0.15, 0.2) is 53.4 Å². The minimum absolute atomic E-state index is 0.281. The van der Waals surface area contributed by atoms with Crippen molar-refractivity contribution in [1.29, 1.82) is 0 Å². The topological polar surface area (TPSA) is 72.9 Å². The van der Waals surface area contributed by atoms with Crippen LogP contribution >= 0.6 is 0 Å². The Labute approximate surface area is 159 Å². The molecule has 1 heterocycles. The molecule has 1 aliphatic rings. The zero-order valence-corrected chi connectivity index (χ0v) is 16.2. The summed E-state index contributed by atoms with van der Waals surface area (Å²) in [5.41, 5.74) is 1.01. The fraction of sp³-hybridized carbons (Fsp3) is 0.350. The number of rotatable bonds is 5. The van der Waals surface area contributed by atoms with E-state index in [2.05, 4.69) is 0 Å². The highest BCUT2D eigenvalue weighted by atomic mass is 32.2. The van der Waals surface area contributed by atoms with Crippen molar-refractivity contribution in [2.45, 2.75) is 24.7 Å². The average Bonchev–Trinajstić information content (AvgIpc) is 2.69. The molecule has 0 unspecified atom stereocenters. The molecular formula is C20H23NO5S. The number of piperidine rings is 1.